The minimum absolute atomic E-state index is 0.0432. The van der Waals surface area contributed by atoms with Gasteiger partial charge in [0.25, 0.3) is 0 Å². The minimum Gasteiger partial charge on any atom is -0.497 e. The van der Waals surface area contributed by atoms with Gasteiger partial charge in [-0.3, -0.25) is 18.7 Å². The number of hydrogen-bond donors (Lipinski definition) is 0. The predicted octanol–water partition coefficient (Wildman–Crippen LogP) is 5.28. The van der Waals surface area contributed by atoms with Crippen LogP contribution in [-0.2, 0) is 13.1 Å². The summed E-state index contributed by atoms with van der Waals surface area (Å²) < 4.78 is 20.7. The quantitative estimate of drug-likeness (QED) is 0.263. The van der Waals surface area contributed by atoms with Gasteiger partial charge in [0.1, 0.15) is 11.3 Å². The highest BCUT2D eigenvalue weighted by atomic mass is 16.5. The van der Waals surface area contributed by atoms with Gasteiger partial charge in [-0.25, -0.2) is 4.79 Å². The fourth-order valence-corrected chi connectivity index (χ4v) is 4.71. The van der Waals surface area contributed by atoms with Crippen LogP contribution in [0.3, 0.4) is 0 Å². The molecule has 0 aliphatic rings. The van der Waals surface area contributed by atoms with Crippen LogP contribution < -0.4 is 20.6 Å². The molecule has 194 valence electrons. The van der Waals surface area contributed by atoms with Crippen molar-refractivity contribution in [3.63, 3.8) is 0 Å². The lowest BCUT2D eigenvalue weighted by atomic mass is 10.1. The monoisotopic (exact) mass is 512 g/mol. The summed E-state index contributed by atoms with van der Waals surface area (Å²) in [5, 5.41) is 0.355. The van der Waals surface area contributed by atoms with Crippen LogP contribution in [0.1, 0.15) is 31.1 Å². The van der Waals surface area contributed by atoms with Gasteiger partial charge in [0, 0.05) is 24.2 Å². The molecule has 0 N–H and O–H groups in total. The van der Waals surface area contributed by atoms with Crippen molar-refractivity contribution in [3.8, 4) is 22.8 Å². The van der Waals surface area contributed by atoms with Gasteiger partial charge in [-0.1, -0.05) is 12.1 Å². The number of ketones is 1. The van der Waals surface area contributed by atoms with Crippen LogP contribution in [0.4, 0.5) is 0 Å². The molecule has 0 saturated carbocycles. The molecule has 0 radical (unpaired) electrons. The van der Waals surface area contributed by atoms with Gasteiger partial charge in [0.05, 0.1) is 23.5 Å². The zero-order valence-electron chi connectivity index (χ0n) is 21.7. The van der Waals surface area contributed by atoms with E-state index >= 15 is 0 Å². The number of imidazole rings is 1. The number of para-hydroxylation sites is 1. The Morgan fingerprint density at radius 3 is 2.29 bits per heavy atom. The molecule has 0 fully saturated rings. The van der Waals surface area contributed by atoms with Crippen molar-refractivity contribution in [2.45, 2.75) is 40.0 Å². The Bertz CT molecular complexity index is 1780. The lowest BCUT2D eigenvalue weighted by molar-refractivity contribution is 0.0815. The number of aromatic nitrogens is 2. The number of rotatable bonds is 8. The molecule has 0 aliphatic carbocycles. The standard InChI is InChI=1S/C30H28N2O6/c1-5-31-23-16-13-20(17-24(23)32(6-2)30(31)35)26(33)18(3)37-29-27(34)22-9-7-8-10-25(22)38-28(29)19-11-14-21(36-4)15-12-19/h7-18H,5-6H2,1-4H3. The molecule has 0 saturated heterocycles. The first-order chi connectivity index (χ1) is 18.4. The first kappa shape index (κ1) is 25.1. The lowest BCUT2D eigenvalue weighted by Gasteiger charge is -2.17. The number of benzene rings is 3. The molecule has 5 rings (SSSR count). The highest BCUT2D eigenvalue weighted by molar-refractivity contribution is 6.02. The van der Waals surface area contributed by atoms with Gasteiger partial charge in [-0.15, -0.1) is 0 Å². The smallest absolute Gasteiger partial charge is 0.329 e. The fourth-order valence-electron chi connectivity index (χ4n) is 4.71. The van der Waals surface area contributed by atoms with E-state index in [1.165, 1.54) is 0 Å². The molecule has 0 spiro atoms. The Hall–Kier alpha value is -4.59. The SMILES string of the molecule is CCn1c(=O)n(CC)c2cc(C(=O)C(C)Oc3c(-c4ccc(OC)cc4)oc4ccccc4c3=O)ccc21. The van der Waals surface area contributed by atoms with Crippen LogP contribution in [-0.4, -0.2) is 28.1 Å². The van der Waals surface area contributed by atoms with E-state index in [4.69, 9.17) is 13.9 Å². The largest absolute Gasteiger partial charge is 0.497 e. The van der Waals surface area contributed by atoms with Crippen LogP contribution in [0, 0.1) is 0 Å². The molecule has 8 heteroatoms. The Kier molecular flexibility index (Phi) is 6.63. The van der Waals surface area contributed by atoms with Crippen molar-refractivity contribution in [1.29, 1.82) is 0 Å². The fraction of sp³-hybridized carbons (Fsp3) is 0.233. The second-order valence-electron chi connectivity index (χ2n) is 8.91. The maximum Gasteiger partial charge on any atom is 0.329 e. The van der Waals surface area contributed by atoms with Crippen molar-refractivity contribution >= 4 is 27.8 Å². The summed E-state index contributed by atoms with van der Waals surface area (Å²) in [5.74, 6) is 0.518. The van der Waals surface area contributed by atoms with Crippen LogP contribution in [0.5, 0.6) is 11.5 Å². The van der Waals surface area contributed by atoms with Crippen molar-refractivity contribution in [1.82, 2.24) is 9.13 Å². The van der Waals surface area contributed by atoms with Crippen molar-refractivity contribution in [3.05, 3.63) is 93.0 Å². The third-order valence-electron chi connectivity index (χ3n) is 6.71. The van der Waals surface area contributed by atoms with Crippen molar-refractivity contribution in [2.75, 3.05) is 7.11 Å². The van der Waals surface area contributed by atoms with E-state index in [0.29, 0.717) is 46.5 Å². The van der Waals surface area contributed by atoms with Crippen LogP contribution in [0.25, 0.3) is 33.3 Å². The molecule has 1 unspecified atom stereocenters. The molecule has 0 amide bonds. The summed E-state index contributed by atoms with van der Waals surface area (Å²) in [6.07, 6.45) is -0.997. The molecular weight excluding hydrogens is 484 g/mol. The molecule has 2 heterocycles. The Balaban J connectivity index is 1.57. The summed E-state index contributed by atoms with van der Waals surface area (Å²) in [5.41, 5.74) is 2.37. The molecule has 1 atom stereocenters. The van der Waals surface area contributed by atoms with Gasteiger partial charge in [0.2, 0.25) is 17.0 Å². The maximum atomic E-state index is 13.5. The van der Waals surface area contributed by atoms with Crippen molar-refractivity contribution in [2.24, 2.45) is 0 Å². The topological polar surface area (TPSA) is 92.7 Å². The van der Waals surface area contributed by atoms with Crippen LogP contribution >= 0.6 is 0 Å². The average Bonchev–Trinajstić information content (AvgIpc) is 3.23. The Morgan fingerprint density at radius 1 is 0.921 bits per heavy atom. The van der Waals surface area contributed by atoms with E-state index < -0.39 is 6.10 Å². The Labute approximate surface area is 218 Å². The van der Waals surface area contributed by atoms with E-state index in [2.05, 4.69) is 0 Å². The Morgan fingerprint density at radius 2 is 1.61 bits per heavy atom. The molecule has 3 aromatic carbocycles. The lowest BCUT2D eigenvalue weighted by Crippen LogP contribution is -2.27. The molecule has 5 aromatic rings. The third kappa shape index (κ3) is 4.18. The number of ether oxygens (including phenoxy) is 2. The van der Waals surface area contributed by atoms with Gasteiger partial charge in [-0.05, 0) is 75.4 Å². The number of carbonyl (C=O) groups is 1. The predicted molar refractivity (Wildman–Crippen MR) is 146 cm³/mol. The second-order valence-corrected chi connectivity index (χ2v) is 8.91. The van der Waals surface area contributed by atoms with E-state index in [1.54, 1.807) is 89.9 Å². The van der Waals surface area contributed by atoms with E-state index in [-0.39, 0.29) is 28.4 Å². The molecule has 0 aliphatic heterocycles. The number of hydrogen-bond acceptors (Lipinski definition) is 6. The number of nitrogens with zero attached hydrogens (tertiary/aromatic N) is 2. The summed E-state index contributed by atoms with van der Waals surface area (Å²) in [7, 11) is 1.57. The highest BCUT2D eigenvalue weighted by Crippen LogP contribution is 2.33. The summed E-state index contributed by atoms with van der Waals surface area (Å²) in [4.78, 5) is 39.7. The number of carbonyl (C=O) groups excluding carboxylic acids is 1. The molecule has 0 bridgehead atoms. The third-order valence-corrected chi connectivity index (χ3v) is 6.71. The number of methoxy groups -OCH3 is 1. The van der Waals surface area contributed by atoms with E-state index in [1.807, 2.05) is 13.8 Å². The number of fused-ring (bicyclic) bond motifs is 2. The number of Topliss-reactive ketones (excluding diaryl/α,β-unsaturated/α-hetero) is 1. The van der Waals surface area contributed by atoms with Gasteiger partial charge in [0.15, 0.2) is 11.9 Å². The first-order valence-corrected chi connectivity index (χ1v) is 12.5. The second kappa shape index (κ2) is 10.0. The maximum absolute atomic E-state index is 13.5. The van der Waals surface area contributed by atoms with Crippen LogP contribution in [0.2, 0.25) is 0 Å². The molecule has 38 heavy (non-hydrogen) atoms. The van der Waals surface area contributed by atoms with Crippen LogP contribution in [0.15, 0.2) is 80.7 Å². The summed E-state index contributed by atoms with van der Waals surface area (Å²) in [6, 6.07) is 19.1. The summed E-state index contributed by atoms with van der Waals surface area (Å²) in [6.45, 7) is 6.41. The van der Waals surface area contributed by atoms with E-state index in [9.17, 15) is 14.4 Å². The minimum atomic E-state index is -0.997. The normalized spacial score (nSPS) is 12.1. The van der Waals surface area contributed by atoms with Gasteiger partial charge < -0.3 is 13.9 Å². The number of aryl methyl sites for hydroxylation is 2. The molecule has 8 nitrogen and oxygen atoms in total. The van der Waals surface area contributed by atoms with E-state index in [0.717, 1.165) is 5.52 Å². The molecule has 2 aromatic heterocycles. The zero-order chi connectivity index (χ0) is 27.0. The highest BCUT2D eigenvalue weighted by Gasteiger charge is 2.25. The molecular formula is C30H28N2O6. The first-order valence-electron chi connectivity index (χ1n) is 12.5. The van der Waals surface area contributed by atoms with Gasteiger partial charge in [-0.2, -0.15) is 0 Å². The zero-order valence-corrected chi connectivity index (χ0v) is 21.7. The summed E-state index contributed by atoms with van der Waals surface area (Å²) >= 11 is 0. The van der Waals surface area contributed by atoms with Crippen molar-refractivity contribution < 1.29 is 18.7 Å². The average molecular weight is 513 g/mol. The van der Waals surface area contributed by atoms with Gasteiger partial charge >= 0.3 is 5.69 Å².